The van der Waals surface area contributed by atoms with Crippen LogP contribution in [-0.4, -0.2) is 44.8 Å². The van der Waals surface area contributed by atoms with Crippen LogP contribution in [0.4, 0.5) is 10.5 Å². The third-order valence-corrected chi connectivity index (χ3v) is 4.07. The van der Waals surface area contributed by atoms with Gasteiger partial charge in [-0.2, -0.15) is 0 Å². The van der Waals surface area contributed by atoms with Crippen LogP contribution in [0.25, 0.3) is 0 Å². The first kappa shape index (κ1) is 17.3. The van der Waals surface area contributed by atoms with Gasteiger partial charge in [0.1, 0.15) is 0 Å². The normalized spacial score (nSPS) is 17.4. The van der Waals surface area contributed by atoms with Gasteiger partial charge in [-0.3, -0.25) is 4.79 Å². The van der Waals surface area contributed by atoms with Gasteiger partial charge in [-0.05, 0) is 43.5 Å². The van der Waals surface area contributed by atoms with Crippen molar-refractivity contribution in [2.45, 2.75) is 32.7 Å². The first-order valence-electron chi connectivity index (χ1n) is 7.92. The Balaban J connectivity index is 1.87. The summed E-state index contributed by atoms with van der Waals surface area (Å²) in [5.74, 6) is 0.0398. The third-order valence-electron chi connectivity index (χ3n) is 4.07. The summed E-state index contributed by atoms with van der Waals surface area (Å²) in [5.41, 5.74) is 3.25. The average molecular weight is 319 g/mol. The molecule has 0 radical (unpaired) electrons. The van der Waals surface area contributed by atoms with E-state index in [2.05, 4.69) is 10.6 Å². The van der Waals surface area contributed by atoms with Crippen LogP contribution >= 0.6 is 0 Å². The summed E-state index contributed by atoms with van der Waals surface area (Å²) < 4.78 is 4.93. The van der Waals surface area contributed by atoms with Crippen LogP contribution in [-0.2, 0) is 9.53 Å². The Morgan fingerprint density at radius 1 is 1.35 bits per heavy atom. The maximum Gasteiger partial charge on any atom is 0.315 e. The van der Waals surface area contributed by atoms with Gasteiger partial charge in [-0.1, -0.05) is 6.07 Å². The molecule has 1 heterocycles. The van der Waals surface area contributed by atoms with Gasteiger partial charge in [-0.25, -0.2) is 4.79 Å². The molecule has 0 spiro atoms. The summed E-state index contributed by atoms with van der Waals surface area (Å²) in [6.07, 6.45) is 1.10. The van der Waals surface area contributed by atoms with E-state index in [1.165, 1.54) is 5.56 Å². The molecule has 1 atom stereocenters. The monoisotopic (exact) mass is 319 g/mol. The third kappa shape index (κ3) is 4.69. The minimum absolute atomic E-state index is 0.0398. The smallest absolute Gasteiger partial charge is 0.315 e. The number of amides is 3. The minimum atomic E-state index is -0.235. The fourth-order valence-corrected chi connectivity index (χ4v) is 2.60. The molecule has 3 amide bonds. The molecule has 6 heteroatoms. The predicted molar refractivity (Wildman–Crippen MR) is 89.7 cm³/mol. The van der Waals surface area contributed by atoms with Crippen molar-refractivity contribution < 1.29 is 14.3 Å². The Morgan fingerprint density at radius 3 is 2.83 bits per heavy atom. The Kier molecular flexibility index (Phi) is 5.98. The number of ether oxygens (including phenoxy) is 1. The molecule has 23 heavy (non-hydrogen) atoms. The van der Waals surface area contributed by atoms with Crippen LogP contribution in [0.2, 0.25) is 0 Å². The van der Waals surface area contributed by atoms with Gasteiger partial charge in [0, 0.05) is 38.9 Å². The Morgan fingerprint density at radius 2 is 2.13 bits per heavy atom. The number of hydrogen-bond acceptors (Lipinski definition) is 3. The lowest BCUT2D eigenvalue weighted by Crippen LogP contribution is -2.43. The summed E-state index contributed by atoms with van der Waals surface area (Å²) in [6.45, 7) is 5.75. The average Bonchev–Trinajstić information content (AvgIpc) is 2.87. The van der Waals surface area contributed by atoms with Crippen molar-refractivity contribution in [3.8, 4) is 0 Å². The van der Waals surface area contributed by atoms with Gasteiger partial charge < -0.3 is 20.3 Å². The van der Waals surface area contributed by atoms with Crippen LogP contribution in [0, 0.1) is 13.8 Å². The molecular weight excluding hydrogens is 294 g/mol. The quantitative estimate of drug-likeness (QED) is 0.785. The SMILES string of the molecule is COCCCNC(=O)N[C@@H]1CC(=O)N(c2ccc(C)c(C)c2)C1. The molecule has 1 aromatic rings. The van der Waals surface area contributed by atoms with E-state index in [4.69, 9.17) is 4.74 Å². The van der Waals surface area contributed by atoms with Crippen molar-refractivity contribution in [1.29, 1.82) is 0 Å². The number of aryl methyl sites for hydroxylation is 2. The van der Waals surface area contributed by atoms with Crippen molar-refractivity contribution in [3.05, 3.63) is 29.3 Å². The highest BCUT2D eigenvalue weighted by molar-refractivity contribution is 5.96. The zero-order valence-corrected chi connectivity index (χ0v) is 14.0. The second-order valence-electron chi connectivity index (χ2n) is 5.92. The fraction of sp³-hybridized carbons (Fsp3) is 0.529. The molecule has 1 aliphatic rings. The van der Waals surface area contributed by atoms with Gasteiger partial charge in [0.15, 0.2) is 0 Å². The van der Waals surface area contributed by atoms with Crippen molar-refractivity contribution in [3.63, 3.8) is 0 Å². The van der Waals surface area contributed by atoms with Crippen LogP contribution < -0.4 is 15.5 Å². The minimum Gasteiger partial charge on any atom is -0.385 e. The molecule has 0 aromatic heterocycles. The highest BCUT2D eigenvalue weighted by Crippen LogP contribution is 2.23. The van der Waals surface area contributed by atoms with Crippen LogP contribution in [0.1, 0.15) is 24.0 Å². The molecule has 1 aliphatic heterocycles. The van der Waals surface area contributed by atoms with Gasteiger partial charge in [0.25, 0.3) is 0 Å². The molecule has 0 unspecified atom stereocenters. The molecule has 1 fully saturated rings. The van der Waals surface area contributed by atoms with Gasteiger partial charge in [0.2, 0.25) is 5.91 Å². The summed E-state index contributed by atoms with van der Waals surface area (Å²) >= 11 is 0. The molecule has 2 N–H and O–H groups in total. The first-order valence-corrected chi connectivity index (χ1v) is 7.92. The lowest BCUT2D eigenvalue weighted by molar-refractivity contribution is -0.117. The summed E-state index contributed by atoms with van der Waals surface area (Å²) in [6, 6.07) is 5.59. The van der Waals surface area contributed by atoms with Crippen molar-refractivity contribution in [1.82, 2.24) is 10.6 Å². The van der Waals surface area contributed by atoms with Gasteiger partial charge >= 0.3 is 6.03 Å². The maximum absolute atomic E-state index is 12.2. The second kappa shape index (κ2) is 7.97. The molecule has 0 aliphatic carbocycles. The molecule has 6 nitrogen and oxygen atoms in total. The van der Waals surface area contributed by atoms with Crippen LogP contribution in [0.15, 0.2) is 18.2 Å². The lowest BCUT2D eigenvalue weighted by atomic mass is 10.1. The number of carbonyl (C=O) groups excluding carboxylic acids is 2. The molecule has 126 valence electrons. The van der Waals surface area contributed by atoms with E-state index in [1.54, 1.807) is 12.0 Å². The van der Waals surface area contributed by atoms with E-state index in [9.17, 15) is 9.59 Å². The maximum atomic E-state index is 12.2. The highest BCUT2D eigenvalue weighted by atomic mass is 16.5. The first-order chi connectivity index (χ1) is 11.0. The van der Waals surface area contributed by atoms with E-state index in [0.29, 0.717) is 26.1 Å². The van der Waals surface area contributed by atoms with E-state index in [1.807, 2.05) is 32.0 Å². The number of nitrogens with zero attached hydrogens (tertiary/aromatic N) is 1. The highest BCUT2D eigenvalue weighted by Gasteiger charge is 2.31. The zero-order valence-electron chi connectivity index (χ0n) is 14.0. The van der Waals surface area contributed by atoms with E-state index in [0.717, 1.165) is 17.7 Å². The van der Waals surface area contributed by atoms with Crippen LogP contribution in [0.5, 0.6) is 0 Å². The number of nitrogens with one attached hydrogen (secondary N) is 2. The largest absolute Gasteiger partial charge is 0.385 e. The van der Waals surface area contributed by atoms with Crippen LogP contribution in [0.3, 0.4) is 0 Å². The van der Waals surface area contributed by atoms with Crippen molar-refractivity contribution in [2.75, 3.05) is 31.7 Å². The van der Waals surface area contributed by atoms with E-state index < -0.39 is 0 Å². The number of rotatable bonds is 6. The molecule has 0 bridgehead atoms. The zero-order chi connectivity index (χ0) is 16.8. The molecule has 1 saturated heterocycles. The standard InChI is InChI=1S/C17H25N3O3/c1-12-5-6-15(9-13(12)2)20-11-14(10-16(20)21)19-17(22)18-7-4-8-23-3/h5-6,9,14H,4,7-8,10-11H2,1-3H3,(H2,18,19,22)/t14-/m1/s1. The van der Waals surface area contributed by atoms with Gasteiger partial charge in [0.05, 0.1) is 6.04 Å². The Hall–Kier alpha value is -2.08. The lowest BCUT2D eigenvalue weighted by Gasteiger charge is -2.18. The van der Waals surface area contributed by atoms with Crippen molar-refractivity contribution >= 4 is 17.6 Å². The summed E-state index contributed by atoms with van der Waals surface area (Å²) in [4.78, 5) is 25.8. The molecule has 2 rings (SSSR count). The fourth-order valence-electron chi connectivity index (χ4n) is 2.60. The van der Waals surface area contributed by atoms with Gasteiger partial charge in [-0.15, -0.1) is 0 Å². The number of benzene rings is 1. The van der Waals surface area contributed by atoms with E-state index >= 15 is 0 Å². The predicted octanol–water partition coefficient (Wildman–Crippen LogP) is 1.74. The molecule has 0 saturated carbocycles. The number of methoxy groups -OCH3 is 1. The number of hydrogen-bond donors (Lipinski definition) is 2. The Labute approximate surface area is 137 Å². The summed E-state index contributed by atoms with van der Waals surface area (Å²) in [7, 11) is 1.63. The number of urea groups is 1. The molecular formula is C17H25N3O3. The Bertz CT molecular complexity index is 574. The number of anilines is 1. The topological polar surface area (TPSA) is 70.7 Å². The molecule has 1 aromatic carbocycles. The van der Waals surface area contributed by atoms with Crippen molar-refractivity contribution in [2.24, 2.45) is 0 Å². The second-order valence-corrected chi connectivity index (χ2v) is 5.92. The van der Waals surface area contributed by atoms with E-state index in [-0.39, 0.29) is 18.0 Å². The number of carbonyl (C=O) groups is 2. The summed E-state index contributed by atoms with van der Waals surface area (Å²) in [5, 5.41) is 5.63.